The van der Waals surface area contributed by atoms with Gasteiger partial charge in [0.05, 0.1) is 22.7 Å². The van der Waals surface area contributed by atoms with Crippen molar-refractivity contribution in [2.75, 3.05) is 13.7 Å². The van der Waals surface area contributed by atoms with E-state index in [9.17, 15) is 9.59 Å². The summed E-state index contributed by atoms with van der Waals surface area (Å²) in [5, 5.41) is 4.62. The van der Waals surface area contributed by atoms with Crippen molar-refractivity contribution in [1.29, 1.82) is 0 Å². The van der Waals surface area contributed by atoms with E-state index < -0.39 is 5.97 Å². The van der Waals surface area contributed by atoms with Crippen molar-refractivity contribution >= 4 is 46.0 Å². The molecule has 0 aliphatic carbocycles. The van der Waals surface area contributed by atoms with Gasteiger partial charge in [-0.15, -0.1) is 0 Å². The molecule has 0 radical (unpaired) electrons. The minimum Gasteiger partial charge on any atom is -0.465 e. The molecule has 0 saturated heterocycles. The highest BCUT2D eigenvalue weighted by Crippen LogP contribution is 2.25. The first kappa shape index (κ1) is 19.3. The first-order valence-corrected chi connectivity index (χ1v) is 9.12. The van der Waals surface area contributed by atoms with E-state index in [0.29, 0.717) is 28.6 Å². The molecule has 0 aliphatic heterocycles. The number of hydrogen-bond donors (Lipinski definition) is 1. The van der Waals surface area contributed by atoms with Crippen LogP contribution in [0.15, 0.2) is 48.7 Å². The van der Waals surface area contributed by atoms with Crippen LogP contribution in [0.25, 0.3) is 10.9 Å². The second-order valence-corrected chi connectivity index (χ2v) is 6.78. The number of halogens is 2. The van der Waals surface area contributed by atoms with Gasteiger partial charge in [0, 0.05) is 23.6 Å². The summed E-state index contributed by atoms with van der Waals surface area (Å²) in [7, 11) is 1.34. The summed E-state index contributed by atoms with van der Waals surface area (Å²) in [6.07, 6.45) is 2.22. The number of aromatic nitrogens is 1. The molecule has 5 nitrogen and oxygen atoms in total. The number of fused-ring (bicyclic) bond motifs is 1. The second-order valence-electron chi connectivity index (χ2n) is 5.99. The lowest BCUT2D eigenvalue weighted by atomic mass is 10.1. The Labute approximate surface area is 166 Å². The summed E-state index contributed by atoms with van der Waals surface area (Å²) in [5.74, 6) is -0.591. The molecule has 140 valence electrons. The number of para-hydroxylation sites is 1. The number of ether oxygens (including phenoxy) is 1. The molecule has 7 heteroatoms. The summed E-state index contributed by atoms with van der Waals surface area (Å²) in [4.78, 5) is 24.3. The van der Waals surface area contributed by atoms with Crippen LogP contribution in [0.2, 0.25) is 10.0 Å². The number of nitrogens with zero attached hydrogens (tertiary/aromatic N) is 1. The predicted molar refractivity (Wildman–Crippen MR) is 106 cm³/mol. The SMILES string of the molecule is COC(=O)c1cn(CC(=O)NCCc2cccc(Cl)c2Cl)c2ccccc12. The number of esters is 1. The fourth-order valence-corrected chi connectivity index (χ4v) is 3.35. The van der Waals surface area contributed by atoms with Gasteiger partial charge < -0.3 is 14.6 Å². The number of rotatable bonds is 6. The van der Waals surface area contributed by atoms with Gasteiger partial charge in [-0.2, -0.15) is 0 Å². The molecule has 27 heavy (non-hydrogen) atoms. The summed E-state index contributed by atoms with van der Waals surface area (Å²) in [5.41, 5.74) is 2.11. The fraction of sp³-hybridized carbons (Fsp3) is 0.200. The Hall–Kier alpha value is -2.50. The highest BCUT2D eigenvalue weighted by molar-refractivity contribution is 6.42. The molecule has 0 unspecified atom stereocenters. The molecule has 3 aromatic rings. The van der Waals surface area contributed by atoms with Gasteiger partial charge in [0.15, 0.2) is 0 Å². The van der Waals surface area contributed by atoms with Crippen molar-refractivity contribution in [2.45, 2.75) is 13.0 Å². The van der Waals surface area contributed by atoms with Crippen molar-refractivity contribution in [3.8, 4) is 0 Å². The van der Waals surface area contributed by atoms with E-state index in [0.717, 1.165) is 16.5 Å². The summed E-state index contributed by atoms with van der Waals surface area (Å²) in [6.45, 7) is 0.530. The van der Waals surface area contributed by atoms with E-state index in [-0.39, 0.29) is 12.5 Å². The predicted octanol–water partition coefficient (Wildman–Crippen LogP) is 4.09. The number of hydrogen-bond acceptors (Lipinski definition) is 3. The monoisotopic (exact) mass is 404 g/mol. The van der Waals surface area contributed by atoms with E-state index in [2.05, 4.69) is 5.32 Å². The molecule has 0 atom stereocenters. The van der Waals surface area contributed by atoms with Crippen molar-refractivity contribution in [2.24, 2.45) is 0 Å². The molecule has 0 saturated carbocycles. The third-order valence-corrected chi connectivity index (χ3v) is 5.11. The number of amides is 1. The maximum absolute atomic E-state index is 12.3. The molecule has 1 heterocycles. The van der Waals surface area contributed by atoms with Gasteiger partial charge in [-0.3, -0.25) is 4.79 Å². The number of benzene rings is 2. The van der Waals surface area contributed by atoms with E-state index in [1.165, 1.54) is 7.11 Å². The lowest BCUT2D eigenvalue weighted by molar-refractivity contribution is -0.121. The van der Waals surface area contributed by atoms with E-state index in [1.807, 2.05) is 36.4 Å². The minimum absolute atomic E-state index is 0.0980. The molecular formula is C20H18Cl2N2O3. The van der Waals surface area contributed by atoms with Crippen LogP contribution in [0.5, 0.6) is 0 Å². The molecule has 1 N–H and O–H groups in total. The average Bonchev–Trinajstić information content (AvgIpc) is 3.03. The van der Waals surface area contributed by atoms with Crippen LogP contribution in [-0.2, 0) is 22.5 Å². The number of carbonyl (C=O) groups is 2. The summed E-state index contributed by atoms with van der Waals surface area (Å²) in [6, 6.07) is 12.8. The molecule has 0 spiro atoms. The largest absolute Gasteiger partial charge is 0.465 e. The molecule has 1 amide bonds. The van der Waals surface area contributed by atoms with Crippen LogP contribution < -0.4 is 5.32 Å². The topological polar surface area (TPSA) is 60.3 Å². The highest BCUT2D eigenvalue weighted by atomic mass is 35.5. The molecule has 0 fully saturated rings. The Bertz CT molecular complexity index is 998. The molecule has 1 aromatic heterocycles. The van der Waals surface area contributed by atoms with Gasteiger partial charge in [0.2, 0.25) is 5.91 Å². The van der Waals surface area contributed by atoms with Crippen LogP contribution >= 0.6 is 23.2 Å². The first-order chi connectivity index (χ1) is 13.0. The van der Waals surface area contributed by atoms with Crippen LogP contribution in [-0.4, -0.2) is 30.1 Å². The Morgan fingerprint density at radius 1 is 1.11 bits per heavy atom. The lowest BCUT2D eigenvalue weighted by Crippen LogP contribution is -2.29. The van der Waals surface area contributed by atoms with Crippen molar-refractivity contribution in [1.82, 2.24) is 9.88 Å². The Kier molecular flexibility index (Phi) is 6.04. The third kappa shape index (κ3) is 4.26. The van der Waals surface area contributed by atoms with Gasteiger partial charge >= 0.3 is 5.97 Å². The Morgan fingerprint density at radius 2 is 1.89 bits per heavy atom. The number of nitrogens with one attached hydrogen (secondary N) is 1. The molecular weight excluding hydrogens is 387 g/mol. The van der Waals surface area contributed by atoms with Crippen molar-refractivity contribution < 1.29 is 14.3 Å². The van der Waals surface area contributed by atoms with Gasteiger partial charge in [-0.25, -0.2) is 4.79 Å². The smallest absolute Gasteiger partial charge is 0.340 e. The normalized spacial score (nSPS) is 10.8. The van der Waals surface area contributed by atoms with Gasteiger partial charge in [-0.05, 0) is 24.1 Å². The lowest BCUT2D eigenvalue weighted by Gasteiger charge is -2.09. The van der Waals surface area contributed by atoms with E-state index in [4.69, 9.17) is 27.9 Å². The van der Waals surface area contributed by atoms with E-state index >= 15 is 0 Å². The van der Waals surface area contributed by atoms with Crippen LogP contribution in [0.3, 0.4) is 0 Å². The quantitative estimate of drug-likeness (QED) is 0.629. The second kappa shape index (κ2) is 8.46. The number of methoxy groups -OCH3 is 1. The minimum atomic E-state index is -0.430. The molecule has 0 bridgehead atoms. The molecule has 2 aromatic carbocycles. The maximum atomic E-state index is 12.3. The van der Waals surface area contributed by atoms with Crippen LogP contribution in [0.1, 0.15) is 15.9 Å². The van der Waals surface area contributed by atoms with Gasteiger partial charge in [0.1, 0.15) is 6.54 Å². The molecule has 3 rings (SSSR count). The number of carbonyl (C=O) groups excluding carboxylic acids is 2. The molecule has 0 aliphatic rings. The zero-order chi connectivity index (χ0) is 19.4. The van der Waals surface area contributed by atoms with Crippen molar-refractivity contribution in [3.05, 3.63) is 69.8 Å². The highest BCUT2D eigenvalue weighted by Gasteiger charge is 2.16. The summed E-state index contributed by atoms with van der Waals surface area (Å²) < 4.78 is 6.56. The summed E-state index contributed by atoms with van der Waals surface area (Å²) >= 11 is 12.2. The Balaban J connectivity index is 1.67. The van der Waals surface area contributed by atoms with Crippen LogP contribution in [0.4, 0.5) is 0 Å². The zero-order valence-electron chi connectivity index (χ0n) is 14.7. The Morgan fingerprint density at radius 3 is 2.67 bits per heavy atom. The van der Waals surface area contributed by atoms with Crippen LogP contribution in [0, 0.1) is 0 Å². The van der Waals surface area contributed by atoms with Gasteiger partial charge in [-0.1, -0.05) is 53.5 Å². The average molecular weight is 405 g/mol. The van der Waals surface area contributed by atoms with Gasteiger partial charge in [0.25, 0.3) is 0 Å². The fourth-order valence-electron chi connectivity index (χ4n) is 2.94. The maximum Gasteiger partial charge on any atom is 0.340 e. The van der Waals surface area contributed by atoms with Crippen molar-refractivity contribution in [3.63, 3.8) is 0 Å². The standard InChI is InChI=1S/C20H18Cl2N2O3/c1-27-20(26)15-11-24(17-8-3-2-6-14(15)17)12-18(25)23-10-9-13-5-4-7-16(21)19(13)22/h2-8,11H,9-10,12H2,1H3,(H,23,25). The zero-order valence-corrected chi connectivity index (χ0v) is 16.2. The first-order valence-electron chi connectivity index (χ1n) is 8.37. The third-order valence-electron chi connectivity index (χ3n) is 4.26. The van der Waals surface area contributed by atoms with E-state index in [1.54, 1.807) is 16.8 Å².